The normalized spacial score (nSPS) is 20.5. The number of carbonyl (C=O) groups is 1. The fourth-order valence-corrected chi connectivity index (χ4v) is 2.42. The van der Waals surface area contributed by atoms with E-state index in [0.717, 1.165) is 25.7 Å². The summed E-state index contributed by atoms with van der Waals surface area (Å²) in [5, 5.41) is 3.00. The molecule has 0 spiro atoms. The number of rotatable bonds is 3. The lowest BCUT2D eigenvalue weighted by Crippen LogP contribution is -2.54. The van der Waals surface area contributed by atoms with Crippen molar-refractivity contribution in [3.05, 3.63) is 0 Å². The van der Waals surface area contributed by atoms with Gasteiger partial charge in [0.2, 0.25) is 0 Å². The van der Waals surface area contributed by atoms with Gasteiger partial charge in [0.25, 0.3) is 0 Å². The lowest BCUT2D eigenvalue weighted by molar-refractivity contribution is 0.100. The van der Waals surface area contributed by atoms with E-state index >= 15 is 0 Å². The maximum atomic E-state index is 11.7. The average molecular weight is 242 g/mol. The standard InChI is InChI=1S/C13H26N2O2/c1-11(2)17-12(16)15-13(10-14)8-6-4-3-5-7-9-13/h11H,3-10,14H2,1-2H3,(H,15,16). The summed E-state index contributed by atoms with van der Waals surface area (Å²) in [4.78, 5) is 11.7. The molecule has 1 aliphatic rings. The first kappa shape index (κ1) is 14.3. The predicted molar refractivity (Wildman–Crippen MR) is 68.9 cm³/mol. The molecule has 0 heterocycles. The van der Waals surface area contributed by atoms with Gasteiger partial charge in [-0.1, -0.05) is 32.1 Å². The topological polar surface area (TPSA) is 64.3 Å². The third kappa shape index (κ3) is 4.94. The van der Waals surface area contributed by atoms with E-state index in [1.165, 1.54) is 19.3 Å². The zero-order chi connectivity index (χ0) is 12.7. The molecule has 3 N–H and O–H groups in total. The molecule has 0 unspecified atom stereocenters. The molecule has 0 aromatic carbocycles. The van der Waals surface area contributed by atoms with Crippen LogP contribution in [0.3, 0.4) is 0 Å². The number of nitrogens with one attached hydrogen (secondary N) is 1. The van der Waals surface area contributed by atoms with Gasteiger partial charge >= 0.3 is 6.09 Å². The number of amides is 1. The molecule has 4 heteroatoms. The number of hydrogen-bond acceptors (Lipinski definition) is 3. The Morgan fingerprint density at radius 2 is 1.76 bits per heavy atom. The number of ether oxygens (including phenoxy) is 1. The molecule has 1 saturated carbocycles. The summed E-state index contributed by atoms with van der Waals surface area (Å²) in [5.41, 5.74) is 5.62. The minimum absolute atomic E-state index is 0.0848. The second kappa shape index (κ2) is 6.84. The fourth-order valence-electron chi connectivity index (χ4n) is 2.42. The SMILES string of the molecule is CC(C)OC(=O)NC1(CN)CCCCCCC1. The molecule has 0 radical (unpaired) electrons. The Morgan fingerprint density at radius 3 is 2.24 bits per heavy atom. The van der Waals surface area contributed by atoms with Crippen LogP contribution < -0.4 is 11.1 Å². The van der Waals surface area contributed by atoms with Gasteiger partial charge in [-0.15, -0.1) is 0 Å². The summed E-state index contributed by atoms with van der Waals surface area (Å²) in [6.07, 6.45) is 7.58. The van der Waals surface area contributed by atoms with Gasteiger partial charge in [-0.25, -0.2) is 4.79 Å². The minimum atomic E-state index is -0.328. The highest BCUT2D eigenvalue weighted by Gasteiger charge is 2.31. The van der Waals surface area contributed by atoms with Crippen molar-refractivity contribution in [3.63, 3.8) is 0 Å². The maximum Gasteiger partial charge on any atom is 0.407 e. The van der Waals surface area contributed by atoms with Gasteiger partial charge in [0, 0.05) is 6.54 Å². The third-order valence-electron chi connectivity index (χ3n) is 3.41. The van der Waals surface area contributed by atoms with Crippen LogP contribution in [0.25, 0.3) is 0 Å². The van der Waals surface area contributed by atoms with Gasteiger partial charge in [0.05, 0.1) is 11.6 Å². The number of hydrogen-bond donors (Lipinski definition) is 2. The van der Waals surface area contributed by atoms with E-state index in [9.17, 15) is 4.79 Å². The van der Waals surface area contributed by atoms with E-state index < -0.39 is 0 Å². The van der Waals surface area contributed by atoms with Crippen molar-refractivity contribution in [2.75, 3.05) is 6.54 Å². The van der Waals surface area contributed by atoms with E-state index in [-0.39, 0.29) is 17.7 Å². The molecular formula is C13H26N2O2. The van der Waals surface area contributed by atoms with Crippen molar-refractivity contribution < 1.29 is 9.53 Å². The molecule has 0 bridgehead atoms. The van der Waals surface area contributed by atoms with Gasteiger partial charge in [-0.05, 0) is 26.7 Å². The van der Waals surface area contributed by atoms with Gasteiger partial charge in [0.15, 0.2) is 0 Å². The zero-order valence-corrected chi connectivity index (χ0v) is 11.1. The van der Waals surface area contributed by atoms with Crippen LogP contribution in [0, 0.1) is 0 Å². The summed E-state index contributed by atoms with van der Waals surface area (Å²) in [5.74, 6) is 0. The second-order valence-electron chi connectivity index (χ2n) is 5.33. The van der Waals surface area contributed by atoms with Crippen LogP contribution in [0.5, 0.6) is 0 Å². The first-order chi connectivity index (χ1) is 8.08. The van der Waals surface area contributed by atoms with E-state index in [4.69, 9.17) is 10.5 Å². The van der Waals surface area contributed by atoms with Crippen LogP contribution >= 0.6 is 0 Å². The second-order valence-corrected chi connectivity index (χ2v) is 5.33. The Balaban J connectivity index is 2.55. The molecule has 0 aromatic rings. The van der Waals surface area contributed by atoms with Crippen molar-refractivity contribution in [2.24, 2.45) is 5.73 Å². The molecule has 1 rings (SSSR count). The fraction of sp³-hybridized carbons (Fsp3) is 0.923. The van der Waals surface area contributed by atoms with Gasteiger partial charge in [-0.2, -0.15) is 0 Å². The van der Waals surface area contributed by atoms with Crippen LogP contribution in [0.2, 0.25) is 0 Å². The van der Waals surface area contributed by atoms with E-state index in [1.807, 2.05) is 13.8 Å². The predicted octanol–water partition coefficient (Wildman–Crippen LogP) is 2.56. The number of nitrogens with two attached hydrogens (primary N) is 1. The average Bonchev–Trinajstić information content (AvgIpc) is 2.21. The first-order valence-electron chi connectivity index (χ1n) is 6.77. The molecule has 1 amide bonds. The monoisotopic (exact) mass is 242 g/mol. The molecule has 0 saturated heterocycles. The van der Waals surface area contributed by atoms with Gasteiger partial charge < -0.3 is 15.8 Å². The Kier molecular flexibility index (Phi) is 5.75. The lowest BCUT2D eigenvalue weighted by Gasteiger charge is -2.35. The lowest BCUT2D eigenvalue weighted by atomic mass is 9.84. The summed E-state index contributed by atoms with van der Waals surface area (Å²) >= 11 is 0. The summed E-state index contributed by atoms with van der Waals surface area (Å²) in [6.45, 7) is 4.21. The molecule has 1 aliphatic carbocycles. The third-order valence-corrected chi connectivity index (χ3v) is 3.41. The zero-order valence-electron chi connectivity index (χ0n) is 11.1. The Hall–Kier alpha value is -0.770. The van der Waals surface area contributed by atoms with Crippen molar-refractivity contribution in [1.29, 1.82) is 0 Å². The van der Waals surface area contributed by atoms with Crippen molar-refractivity contribution in [2.45, 2.75) is 70.4 Å². The summed E-state index contributed by atoms with van der Waals surface area (Å²) in [7, 11) is 0. The first-order valence-corrected chi connectivity index (χ1v) is 6.77. The van der Waals surface area contributed by atoms with Crippen molar-refractivity contribution in [3.8, 4) is 0 Å². The largest absolute Gasteiger partial charge is 0.447 e. The number of carbonyl (C=O) groups excluding carboxylic acids is 1. The van der Waals surface area contributed by atoms with Crippen molar-refractivity contribution in [1.82, 2.24) is 5.32 Å². The molecule has 0 aliphatic heterocycles. The van der Waals surface area contributed by atoms with Gasteiger partial charge in [-0.3, -0.25) is 0 Å². The number of alkyl carbamates (subject to hydrolysis) is 1. The highest BCUT2D eigenvalue weighted by molar-refractivity contribution is 5.68. The van der Waals surface area contributed by atoms with E-state index in [1.54, 1.807) is 0 Å². The molecule has 17 heavy (non-hydrogen) atoms. The quantitative estimate of drug-likeness (QED) is 0.799. The van der Waals surface area contributed by atoms with Crippen LogP contribution in [0.15, 0.2) is 0 Å². The maximum absolute atomic E-state index is 11.7. The highest BCUT2D eigenvalue weighted by Crippen LogP contribution is 2.25. The Bertz CT molecular complexity index is 234. The van der Waals surface area contributed by atoms with Crippen molar-refractivity contribution >= 4 is 6.09 Å². The Morgan fingerprint density at radius 1 is 1.24 bits per heavy atom. The highest BCUT2D eigenvalue weighted by atomic mass is 16.6. The van der Waals surface area contributed by atoms with Gasteiger partial charge in [0.1, 0.15) is 0 Å². The van der Waals surface area contributed by atoms with Crippen LogP contribution in [-0.4, -0.2) is 24.3 Å². The molecule has 1 fully saturated rings. The molecule has 0 aromatic heterocycles. The smallest absolute Gasteiger partial charge is 0.407 e. The summed E-state index contributed by atoms with van der Waals surface area (Å²) in [6, 6.07) is 0. The molecule has 0 atom stereocenters. The molecule has 4 nitrogen and oxygen atoms in total. The molecule has 100 valence electrons. The van der Waals surface area contributed by atoms with Crippen LogP contribution in [0.4, 0.5) is 4.79 Å². The minimum Gasteiger partial charge on any atom is -0.447 e. The Labute approximate surface area is 104 Å². The van der Waals surface area contributed by atoms with Crippen LogP contribution in [-0.2, 0) is 4.74 Å². The van der Waals surface area contributed by atoms with Crippen LogP contribution in [0.1, 0.15) is 58.8 Å². The van der Waals surface area contributed by atoms with E-state index in [0.29, 0.717) is 6.54 Å². The molecular weight excluding hydrogens is 216 g/mol. The van der Waals surface area contributed by atoms with E-state index in [2.05, 4.69) is 5.32 Å². The summed E-state index contributed by atoms with van der Waals surface area (Å²) < 4.78 is 5.15.